The van der Waals surface area contributed by atoms with E-state index < -0.39 is 23.8 Å². The van der Waals surface area contributed by atoms with E-state index in [2.05, 4.69) is 9.97 Å². The summed E-state index contributed by atoms with van der Waals surface area (Å²) < 4.78 is 9.86. The van der Waals surface area contributed by atoms with Crippen molar-refractivity contribution in [3.63, 3.8) is 0 Å². The second-order valence-electron chi connectivity index (χ2n) is 5.39. The van der Waals surface area contributed by atoms with Crippen LogP contribution in [-0.4, -0.2) is 40.9 Å². The minimum Gasteiger partial charge on any atom is -0.465 e. The summed E-state index contributed by atoms with van der Waals surface area (Å²) in [7, 11) is 1.26. The number of hydrogen-bond donors (Lipinski definition) is 1. The van der Waals surface area contributed by atoms with E-state index >= 15 is 0 Å². The minimum atomic E-state index is -1.07. The third-order valence-electron chi connectivity index (χ3n) is 3.66. The number of aromatic amines is 1. The Hall–Kier alpha value is -2.67. The highest BCUT2D eigenvalue weighted by molar-refractivity contribution is 6.30. The normalized spacial score (nSPS) is 11.7. The molecule has 0 aliphatic heterocycles. The molecule has 0 spiro atoms. The zero-order valence-corrected chi connectivity index (χ0v) is 14.9. The zero-order chi connectivity index (χ0) is 18.7. The smallest absolute Gasteiger partial charge is 0.357 e. The highest BCUT2D eigenvalue weighted by atomic mass is 35.5. The van der Waals surface area contributed by atoms with Gasteiger partial charge in [0.1, 0.15) is 5.69 Å². The van der Waals surface area contributed by atoms with Gasteiger partial charge in [-0.25, -0.2) is 14.6 Å². The van der Waals surface area contributed by atoms with Gasteiger partial charge in [-0.3, -0.25) is 4.79 Å². The van der Waals surface area contributed by atoms with Gasteiger partial charge in [-0.15, -0.1) is 0 Å². The average Bonchev–Trinajstić information content (AvgIpc) is 2.87. The molecule has 2 heterocycles. The average molecular weight is 365 g/mol. The molecule has 0 saturated carbocycles. The number of Topliss-reactive ketones (excluding diaryl/α,β-unsaturated/α-hetero) is 1. The summed E-state index contributed by atoms with van der Waals surface area (Å²) in [6, 6.07) is 2.87. The number of rotatable bonds is 5. The van der Waals surface area contributed by atoms with E-state index in [1.165, 1.54) is 32.4 Å². The Labute approximate surface area is 149 Å². The van der Waals surface area contributed by atoms with E-state index in [4.69, 9.17) is 21.1 Å². The fraction of sp³-hybridized carbons (Fsp3) is 0.294. The van der Waals surface area contributed by atoms with Crippen molar-refractivity contribution in [3.05, 3.63) is 51.6 Å². The summed E-state index contributed by atoms with van der Waals surface area (Å²) in [5, 5.41) is 0.333. The summed E-state index contributed by atoms with van der Waals surface area (Å²) >= 11 is 5.80. The number of ether oxygens (including phenoxy) is 2. The molecule has 2 rings (SSSR count). The summed E-state index contributed by atoms with van der Waals surface area (Å²) in [6.07, 6.45) is 0.294. The van der Waals surface area contributed by atoms with Gasteiger partial charge in [-0.2, -0.15) is 0 Å². The van der Waals surface area contributed by atoms with Crippen molar-refractivity contribution in [1.82, 2.24) is 9.97 Å². The van der Waals surface area contributed by atoms with E-state index in [0.29, 0.717) is 21.8 Å². The van der Waals surface area contributed by atoms with Crippen molar-refractivity contribution < 1.29 is 23.9 Å². The largest absolute Gasteiger partial charge is 0.465 e. The van der Waals surface area contributed by atoms with Crippen molar-refractivity contribution >= 4 is 29.3 Å². The van der Waals surface area contributed by atoms with E-state index in [-0.39, 0.29) is 11.4 Å². The molecule has 132 valence electrons. The van der Waals surface area contributed by atoms with Crippen molar-refractivity contribution in [2.45, 2.75) is 26.9 Å². The highest BCUT2D eigenvalue weighted by Crippen LogP contribution is 2.21. The standard InChI is InChI=1S/C17H17ClN2O5/c1-8-13(17(23)24-4)9(2)20-14(8)15(21)10(3)25-16(22)12-7-11(18)5-6-19-12/h5-7,10,20H,1-4H3/t10-/m0/s1. The maximum atomic E-state index is 12.6. The van der Waals surface area contributed by atoms with Crippen LogP contribution in [0, 0.1) is 13.8 Å². The molecule has 0 unspecified atom stereocenters. The number of halogens is 1. The first-order chi connectivity index (χ1) is 11.8. The zero-order valence-electron chi connectivity index (χ0n) is 14.2. The Morgan fingerprint density at radius 1 is 1.24 bits per heavy atom. The topological polar surface area (TPSA) is 98.4 Å². The van der Waals surface area contributed by atoms with Crippen LogP contribution in [0.1, 0.15) is 49.5 Å². The van der Waals surface area contributed by atoms with Crippen molar-refractivity contribution in [1.29, 1.82) is 0 Å². The summed E-state index contributed by atoms with van der Waals surface area (Å²) in [4.78, 5) is 43.1. The molecule has 0 aliphatic rings. The number of hydrogen-bond acceptors (Lipinski definition) is 6. The molecule has 0 aromatic carbocycles. The van der Waals surface area contributed by atoms with Crippen LogP contribution in [-0.2, 0) is 9.47 Å². The number of methoxy groups -OCH3 is 1. The molecule has 0 saturated heterocycles. The number of aromatic nitrogens is 2. The lowest BCUT2D eigenvalue weighted by Gasteiger charge is -2.12. The number of carbonyl (C=O) groups excluding carboxylic acids is 3. The third-order valence-corrected chi connectivity index (χ3v) is 3.89. The van der Waals surface area contributed by atoms with Gasteiger partial charge in [-0.1, -0.05) is 11.6 Å². The van der Waals surface area contributed by atoms with Crippen LogP contribution in [0.5, 0.6) is 0 Å². The first-order valence-corrected chi connectivity index (χ1v) is 7.78. The van der Waals surface area contributed by atoms with Crippen LogP contribution in [0.25, 0.3) is 0 Å². The van der Waals surface area contributed by atoms with E-state index in [0.717, 1.165) is 0 Å². The number of nitrogens with one attached hydrogen (secondary N) is 1. The summed E-state index contributed by atoms with van der Waals surface area (Å²) in [5.74, 6) is -1.78. The highest BCUT2D eigenvalue weighted by Gasteiger charge is 2.27. The summed E-state index contributed by atoms with van der Waals surface area (Å²) in [5.41, 5.74) is 1.43. The predicted octanol–water partition coefficient (Wildman–Crippen LogP) is 2.89. The first kappa shape index (κ1) is 18.7. The van der Waals surface area contributed by atoms with Gasteiger partial charge in [0.25, 0.3) is 0 Å². The molecular formula is C17H17ClN2O5. The number of ketones is 1. The van der Waals surface area contributed by atoms with E-state index in [9.17, 15) is 14.4 Å². The number of nitrogens with zero attached hydrogens (tertiary/aromatic N) is 1. The number of H-pyrrole nitrogens is 1. The molecule has 0 fully saturated rings. The van der Waals surface area contributed by atoms with Gasteiger partial charge >= 0.3 is 11.9 Å². The van der Waals surface area contributed by atoms with E-state index in [1.807, 2.05) is 0 Å². The molecule has 0 bridgehead atoms. The lowest BCUT2D eigenvalue weighted by Crippen LogP contribution is -2.25. The monoisotopic (exact) mass is 364 g/mol. The summed E-state index contributed by atoms with van der Waals surface area (Å²) in [6.45, 7) is 4.72. The van der Waals surface area contributed by atoms with Crippen molar-refractivity contribution in [2.75, 3.05) is 7.11 Å². The second kappa shape index (κ2) is 7.48. The molecular weight excluding hydrogens is 348 g/mol. The number of aryl methyl sites for hydroxylation is 1. The lowest BCUT2D eigenvalue weighted by molar-refractivity contribution is 0.0311. The Balaban J connectivity index is 2.20. The Morgan fingerprint density at radius 2 is 1.92 bits per heavy atom. The Morgan fingerprint density at radius 3 is 2.52 bits per heavy atom. The second-order valence-corrected chi connectivity index (χ2v) is 5.82. The van der Waals surface area contributed by atoms with E-state index in [1.54, 1.807) is 13.8 Å². The predicted molar refractivity (Wildman–Crippen MR) is 90.1 cm³/mol. The fourth-order valence-electron chi connectivity index (χ4n) is 2.40. The van der Waals surface area contributed by atoms with Crippen molar-refractivity contribution in [3.8, 4) is 0 Å². The molecule has 0 aliphatic carbocycles. The molecule has 25 heavy (non-hydrogen) atoms. The number of esters is 2. The van der Waals surface area contributed by atoms with Gasteiger partial charge in [0.05, 0.1) is 18.4 Å². The molecule has 7 nitrogen and oxygen atoms in total. The number of carbonyl (C=O) groups is 3. The number of pyridine rings is 1. The molecule has 0 radical (unpaired) electrons. The molecule has 8 heteroatoms. The lowest BCUT2D eigenvalue weighted by atomic mass is 10.1. The molecule has 1 N–H and O–H groups in total. The minimum absolute atomic E-state index is 0.00166. The van der Waals surface area contributed by atoms with Gasteiger partial charge in [0.2, 0.25) is 5.78 Å². The van der Waals surface area contributed by atoms with Gasteiger partial charge in [0, 0.05) is 16.9 Å². The van der Waals surface area contributed by atoms with Gasteiger partial charge < -0.3 is 14.5 Å². The van der Waals surface area contributed by atoms with Crippen molar-refractivity contribution in [2.24, 2.45) is 0 Å². The SMILES string of the molecule is COC(=O)c1c(C)[nH]c(C(=O)[C@H](C)OC(=O)c2cc(Cl)ccn2)c1C. The molecule has 0 amide bonds. The van der Waals surface area contributed by atoms with Crippen LogP contribution in [0.4, 0.5) is 0 Å². The maximum absolute atomic E-state index is 12.6. The fourth-order valence-corrected chi connectivity index (χ4v) is 2.56. The third kappa shape index (κ3) is 3.88. The van der Waals surface area contributed by atoms with Crippen LogP contribution in [0.3, 0.4) is 0 Å². The van der Waals surface area contributed by atoms with Crippen LogP contribution >= 0.6 is 11.6 Å². The molecule has 2 aromatic rings. The van der Waals surface area contributed by atoms with Crippen LogP contribution in [0.2, 0.25) is 5.02 Å². The Bertz CT molecular complexity index is 844. The van der Waals surface area contributed by atoms with Gasteiger partial charge in [-0.05, 0) is 38.5 Å². The van der Waals surface area contributed by atoms with Crippen LogP contribution < -0.4 is 0 Å². The van der Waals surface area contributed by atoms with Crippen LogP contribution in [0.15, 0.2) is 18.3 Å². The first-order valence-electron chi connectivity index (χ1n) is 7.40. The quantitative estimate of drug-likeness (QED) is 0.647. The Kier molecular flexibility index (Phi) is 5.58. The molecule has 1 atom stereocenters. The molecule has 2 aromatic heterocycles. The van der Waals surface area contributed by atoms with Gasteiger partial charge in [0.15, 0.2) is 6.10 Å². The maximum Gasteiger partial charge on any atom is 0.357 e.